The van der Waals surface area contributed by atoms with E-state index >= 15 is 0 Å². The van der Waals surface area contributed by atoms with Crippen LogP contribution < -0.4 is 5.73 Å². The van der Waals surface area contributed by atoms with Crippen LogP contribution in [0.4, 0.5) is 13.2 Å². The molecule has 0 amide bonds. The van der Waals surface area contributed by atoms with Crippen LogP contribution >= 0.6 is 27.5 Å². The van der Waals surface area contributed by atoms with E-state index < -0.39 is 23.5 Å². The van der Waals surface area contributed by atoms with E-state index in [0.29, 0.717) is 10.0 Å². The highest BCUT2D eigenvalue weighted by Gasteiger charge is 2.16. The maximum atomic E-state index is 13.7. The molecule has 106 valence electrons. The Morgan fingerprint density at radius 3 is 2.40 bits per heavy atom. The Bertz CT molecular complexity index is 628. The van der Waals surface area contributed by atoms with E-state index in [-0.39, 0.29) is 17.0 Å². The molecule has 0 aliphatic carbocycles. The lowest BCUT2D eigenvalue weighted by Crippen LogP contribution is -2.15. The Balaban J connectivity index is 2.28. The molecule has 2 aromatic rings. The quantitative estimate of drug-likeness (QED) is 0.781. The molecule has 20 heavy (non-hydrogen) atoms. The first-order valence-corrected chi connectivity index (χ1v) is 6.89. The van der Waals surface area contributed by atoms with Crippen LogP contribution in [0.15, 0.2) is 34.8 Å². The summed E-state index contributed by atoms with van der Waals surface area (Å²) in [7, 11) is 0. The summed E-state index contributed by atoms with van der Waals surface area (Å²) in [4.78, 5) is 0. The number of halogens is 5. The molecule has 1 unspecified atom stereocenters. The summed E-state index contributed by atoms with van der Waals surface area (Å²) in [5.74, 6) is -1.84. The van der Waals surface area contributed by atoms with Crippen LogP contribution in [0.3, 0.4) is 0 Å². The van der Waals surface area contributed by atoms with Gasteiger partial charge in [0.2, 0.25) is 0 Å². The summed E-state index contributed by atoms with van der Waals surface area (Å²) in [6.07, 6.45) is 0.175. The average Bonchev–Trinajstić information content (AvgIpc) is 2.32. The van der Waals surface area contributed by atoms with E-state index in [1.807, 2.05) is 0 Å². The van der Waals surface area contributed by atoms with Crippen molar-refractivity contribution in [2.24, 2.45) is 5.73 Å². The minimum absolute atomic E-state index is 0.00674. The molecule has 0 aliphatic heterocycles. The van der Waals surface area contributed by atoms with Crippen molar-refractivity contribution < 1.29 is 13.2 Å². The summed E-state index contributed by atoms with van der Waals surface area (Å²) >= 11 is 8.64. The van der Waals surface area contributed by atoms with Crippen molar-refractivity contribution in [2.75, 3.05) is 0 Å². The minimum Gasteiger partial charge on any atom is -0.324 e. The van der Waals surface area contributed by atoms with Crippen LogP contribution in [-0.2, 0) is 6.42 Å². The molecule has 0 spiro atoms. The zero-order chi connectivity index (χ0) is 14.9. The van der Waals surface area contributed by atoms with Gasteiger partial charge in [-0.3, -0.25) is 0 Å². The fourth-order valence-electron chi connectivity index (χ4n) is 1.91. The Morgan fingerprint density at radius 2 is 1.75 bits per heavy atom. The number of rotatable bonds is 3. The molecule has 0 bridgehead atoms. The molecule has 6 heteroatoms. The predicted octanol–water partition coefficient (Wildman–Crippen LogP) is 4.76. The second kappa shape index (κ2) is 6.16. The van der Waals surface area contributed by atoms with Crippen LogP contribution in [0.2, 0.25) is 5.02 Å². The maximum Gasteiger partial charge on any atom is 0.142 e. The van der Waals surface area contributed by atoms with Crippen LogP contribution in [0.25, 0.3) is 0 Å². The van der Waals surface area contributed by atoms with Crippen LogP contribution in [-0.4, -0.2) is 0 Å². The van der Waals surface area contributed by atoms with Gasteiger partial charge in [-0.1, -0.05) is 27.5 Å². The highest BCUT2D eigenvalue weighted by Crippen LogP contribution is 2.26. The first-order chi connectivity index (χ1) is 9.36. The first-order valence-electron chi connectivity index (χ1n) is 5.72. The molecular formula is C14H10BrClF3N. The van der Waals surface area contributed by atoms with Crippen LogP contribution in [0.5, 0.6) is 0 Å². The van der Waals surface area contributed by atoms with Gasteiger partial charge in [0.1, 0.15) is 17.5 Å². The molecule has 2 aromatic carbocycles. The van der Waals surface area contributed by atoms with Gasteiger partial charge in [0, 0.05) is 16.1 Å². The lowest BCUT2D eigenvalue weighted by molar-refractivity contribution is 0.560. The normalized spacial score (nSPS) is 12.5. The molecule has 2 N–H and O–H groups in total. The monoisotopic (exact) mass is 363 g/mol. The second-order valence-corrected chi connectivity index (χ2v) is 5.70. The standard InChI is InChI=1S/C14H10BrClF3N/c15-8-1-7(2-9(17)4-8)3-14(20)10-5-13(19)11(16)6-12(10)18/h1-2,4-6,14H,3,20H2. The third-order valence-corrected chi connectivity index (χ3v) is 3.56. The topological polar surface area (TPSA) is 26.0 Å². The molecule has 0 aliphatic rings. The molecule has 0 aromatic heterocycles. The molecule has 0 heterocycles. The predicted molar refractivity (Wildman–Crippen MR) is 76.1 cm³/mol. The van der Waals surface area contributed by atoms with Crippen LogP contribution in [0, 0.1) is 17.5 Å². The molecule has 0 saturated carbocycles. The van der Waals surface area contributed by atoms with E-state index in [1.165, 1.54) is 12.1 Å². The summed E-state index contributed by atoms with van der Waals surface area (Å²) in [5, 5.41) is -0.299. The SMILES string of the molecule is NC(Cc1cc(F)cc(Br)c1)c1cc(F)c(Cl)cc1F. The molecular weight excluding hydrogens is 355 g/mol. The van der Waals surface area contributed by atoms with E-state index in [2.05, 4.69) is 15.9 Å². The van der Waals surface area contributed by atoms with Gasteiger partial charge in [-0.05, 0) is 42.3 Å². The Labute approximate surface area is 127 Å². The lowest BCUT2D eigenvalue weighted by Gasteiger charge is -2.14. The molecule has 0 fully saturated rings. The van der Waals surface area contributed by atoms with Gasteiger partial charge in [0.05, 0.1) is 5.02 Å². The van der Waals surface area contributed by atoms with Crippen molar-refractivity contribution in [2.45, 2.75) is 12.5 Å². The number of nitrogens with two attached hydrogens (primary N) is 1. The third kappa shape index (κ3) is 3.53. The van der Waals surface area contributed by atoms with Crippen molar-refractivity contribution >= 4 is 27.5 Å². The number of hydrogen-bond acceptors (Lipinski definition) is 1. The van der Waals surface area contributed by atoms with Crippen molar-refractivity contribution in [3.8, 4) is 0 Å². The van der Waals surface area contributed by atoms with Gasteiger partial charge < -0.3 is 5.73 Å². The van der Waals surface area contributed by atoms with E-state index in [0.717, 1.165) is 12.1 Å². The first kappa shape index (κ1) is 15.4. The Hall–Kier alpha value is -1.04. The van der Waals surface area contributed by atoms with E-state index in [1.54, 1.807) is 6.07 Å². The van der Waals surface area contributed by atoms with Crippen LogP contribution in [0.1, 0.15) is 17.2 Å². The third-order valence-electron chi connectivity index (χ3n) is 2.82. The van der Waals surface area contributed by atoms with E-state index in [4.69, 9.17) is 17.3 Å². The van der Waals surface area contributed by atoms with Crippen molar-refractivity contribution in [3.05, 3.63) is 68.4 Å². The highest BCUT2D eigenvalue weighted by molar-refractivity contribution is 9.10. The molecule has 1 atom stereocenters. The average molecular weight is 365 g/mol. The van der Waals surface area contributed by atoms with E-state index in [9.17, 15) is 13.2 Å². The van der Waals surface area contributed by atoms with Crippen molar-refractivity contribution in [1.82, 2.24) is 0 Å². The minimum atomic E-state index is -0.796. The Morgan fingerprint density at radius 1 is 1.05 bits per heavy atom. The summed E-state index contributed by atoms with van der Waals surface area (Å²) in [6, 6.07) is 5.33. The summed E-state index contributed by atoms with van der Waals surface area (Å²) in [6.45, 7) is 0. The summed E-state index contributed by atoms with van der Waals surface area (Å²) < 4.78 is 40.9. The second-order valence-electron chi connectivity index (χ2n) is 4.38. The van der Waals surface area contributed by atoms with Gasteiger partial charge in [-0.25, -0.2) is 13.2 Å². The molecule has 0 saturated heterocycles. The molecule has 2 rings (SSSR count). The fraction of sp³-hybridized carbons (Fsp3) is 0.143. The Kier molecular flexibility index (Phi) is 4.73. The van der Waals surface area contributed by atoms with Gasteiger partial charge in [-0.2, -0.15) is 0 Å². The molecule has 1 nitrogen and oxygen atoms in total. The zero-order valence-corrected chi connectivity index (χ0v) is 12.5. The smallest absolute Gasteiger partial charge is 0.142 e. The van der Waals surface area contributed by atoms with Gasteiger partial charge in [0.15, 0.2) is 0 Å². The summed E-state index contributed by atoms with van der Waals surface area (Å²) in [5.41, 5.74) is 6.45. The lowest BCUT2D eigenvalue weighted by atomic mass is 9.99. The van der Waals surface area contributed by atoms with Gasteiger partial charge in [-0.15, -0.1) is 0 Å². The largest absolute Gasteiger partial charge is 0.324 e. The maximum absolute atomic E-state index is 13.7. The number of benzene rings is 2. The van der Waals surface area contributed by atoms with Gasteiger partial charge in [0.25, 0.3) is 0 Å². The van der Waals surface area contributed by atoms with Crippen molar-refractivity contribution in [1.29, 1.82) is 0 Å². The highest BCUT2D eigenvalue weighted by atomic mass is 79.9. The fourth-order valence-corrected chi connectivity index (χ4v) is 2.58. The molecule has 0 radical (unpaired) electrons. The van der Waals surface area contributed by atoms with Gasteiger partial charge >= 0.3 is 0 Å². The number of hydrogen-bond donors (Lipinski definition) is 1. The zero-order valence-electron chi connectivity index (χ0n) is 10.1. The van der Waals surface area contributed by atoms with Crippen molar-refractivity contribution in [3.63, 3.8) is 0 Å².